The van der Waals surface area contributed by atoms with Gasteiger partial charge >= 0.3 is 0 Å². The van der Waals surface area contributed by atoms with Crippen molar-refractivity contribution in [2.45, 2.75) is 33.4 Å². The Morgan fingerprint density at radius 1 is 1.42 bits per heavy atom. The molecule has 0 atom stereocenters. The zero-order chi connectivity index (χ0) is 17.5. The number of guanidine groups is 1. The Bertz CT molecular complexity index is 672. The van der Waals surface area contributed by atoms with Crippen LogP contribution in [0.3, 0.4) is 0 Å². The van der Waals surface area contributed by atoms with Crippen LogP contribution in [0, 0.1) is 6.92 Å². The van der Waals surface area contributed by atoms with Crippen molar-refractivity contribution in [2.75, 3.05) is 20.1 Å². The molecule has 0 bridgehead atoms. The first-order valence-corrected chi connectivity index (χ1v) is 9.08. The highest BCUT2D eigenvalue weighted by Crippen LogP contribution is 2.15. The number of hydrogen-bond acceptors (Lipinski definition) is 2. The van der Waals surface area contributed by atoms with Gasteiger partial charge in [0.15, 0.2) is 5.96 Å². The summed E-state index contributed by atoms with van der Waals surface area (Å²) in [4.78, 5) is 6.89. The monoisotopic (exact) mass is 394 g/mol. The Labute approximate surface area is 152 Å². The molecule has 0 aromatic carbocycles. The summed E-state index contributed by atoms with van der Waals surface area (Å²) in [6.07, 6.45) is 6.99. The van der Waals surface area contributed by atoms with E-state index in [-0.39, 0.29) is 0 Å². The molecule has 0 fully saturated rings. The van der Waals surface area contributed by atoms with Crippen LogP contribution in [0.1, 0.15) is 24.6 Å². The van der Waals surface area contributed by atoms with E-state index in [4.69, 9.17) is 4.99 Å². The summed E-state index contributed by atoms with van der Waals surface area (Å²) in [5, 5.41) is 7.67. The van der Waals surface area contributed by atoms with Crippen LogP contribution in [0.2, 0.25) is 0 Å². The van der Waals surface area contributed by atoms with Gasteiger partial charge in [0.05, 0.1) is 12.7 Å². The minimum atomic E-state index is 0.780. The summed E-state index contributed by atoms with van der Waals surface area (Å²) in [5.41, 5.74) is 2.43. The molecule has 132 valence electrons. The molecule has 6 nitrogen and oxygen atoms in total. The van der Waals surface area contributed by atoms with E-state index in [9.17, 15) is 0 Å². The van der Waals surface area contributed by atoms with E-state index >= 15 is 0 Å². The number of hydrogen-bond donors (Lipinski definition) is 1. The summed E-state index contributed by atoms with van der Waals surface area (Å²) in [7, 11) is 4.13. The minimum absolute atomic E-state index is 0.780. The minimum Gasteiger partial charge on any atom is -0.357 e. The van der Waals surface area contributed by atoms with Gasteiger partial charge in [0.1, 0.15) is 0 Å². The van der Waals surface area contributed by atoms with Crippen molar-refractivity contribution in [3.8, 4) is 0 Å². The molecule has 0 saturated heterocycles. The fraction of sp³-hybridized carbons (Fsp3) is 0.529. The van der Waals surface area contributed by atoms with Gasteiger partial charge in [0, 0.05) is 56.3 Å². The molecule has 1 N–H and O–H groups in total. The van der Waals surface area contributed by atoms with Gasteiger partial charge in [-0.05, 0) is 47.8 Å². The van der Waals surface area contributed by atoms with Gasteiger partial charge in [0.2, 0.25) is 0 Å². The highest BCUT2D eigenvalue weighted by molar-refractivity contribution is 9.10. The highest BCUT2D eigenvalue weighted by Gasteiger charge is 2.09. The van der Waals surface area contributed by atoms with Crippen molar-refractivity contribution < 1.29 is 0 Å². The average Bonchev–Trinajstić information content (AvgIpc) is 3.07. The van der Waals surface area contributed by atoms with Crippen LogP contribution in [0.4, 0.5) is 0 Å². The lowest BCUT2D eigenvalue weighted by Gasteiger charge is -2.22. The molecule has 0 saturated carbocycles. The van der Waals surface area contributed by atoms with Crippen LogP contribution in [-0.4, -0.2) is 45.3 Å². The Kier molecular flexibility index (Phi) is 6.90. The molecule has 0 aliphatic heterocycles. The molecule has 0 unspecified atom stereocenters. The summed E-state index contributed by atoms with van der Waals surface area (Å²) < 4.78 is 5.21. The maximum absolute atomic E-state index is 4.74. The normalized spacial score (nSPS) is 11.8. The van der Waals surface area contributed by atoms with Gasteiger partial charge in [-0.15, -0.1) is 0 Å². The predicted molar refractivity (Wildman–Crippen MR) is 102 cm³/mol. The van der Waals surface area contributed by atoms with Gasteiger partial charge in [-0.3, -0.25) is 9.67 Å². The number of aryl methyl sites for hydroxylation is 3. The highest BCUT2D eigenvalue weighted by atomic mass is 79.9. The standard InChI is InChI=1S/C17H27BrN6/c1-5-19-17(20-7-6-8-24-11-14(2)10-21-24)23(4)13-16-9-15(18)12-22(16)3/h9-12H,5-8,13H2,1-4H3,(H,19,20). The summed E-state index contributed by atoms with van der Waals surface area (Å²) in [6, 6.07) is 2.14. The maximum Gasteiger partial charge on any atom is 0.194 e. The van der Waals surface area contributed by atoms with E-state index in [1.54, 1.807) is 0 Å². The van der Waals surface area contributed by atoms with Crippen LogP contribution in [0.5, 0.6) is 0 Å². The number of rotatable bonds is 7. The first-order valence-electron chi connectivity index (χ1n) is 8.29. The number of nitrogens with zero attached hydrogens (tertiary/aromatic N) is 5. The number of nitrogens with one attached hydrogen (secondary N) is 1. The Balaban J connectivity index is 1.90. The quantitative estimate of drug-likeness (QED) is 0.446. The Morgan fingerprint density at radius 2 is 2.21 bits per heavy atom. The molecule has 7 heteroatoms. The van der Waals surface area contributed by atoms with E-state index in [1.807, 2.05) is 10.9 Å². The van der Waals surface area contributed by atoms with Crippen molar-refractivity contribution in [3.05, 3.63) is 40.4 Å². The molecular weight excluding hydrogens is 368 g/mol. The second-order valence-electron chi connectivity index (χ2n) is 5.99. The van der Waals surface area contributed by atoms with Gasteiger partial charge in [-0.1, -0.05) is 0 Å². The first kappa shape index (κ1) is 18.6. The number of aromatic nitrogens is 3. The van der Waals surface area contributed by atoms with Crippen LogP contribution in [-0.2, 0) is 20.1 Å². The molecule has 0 amide bonds. The van der Waals surface area contributed by atoms with E-state index in [0.717, 1.165) is 43.0 Å². The molecule has 2 aromatic heterocycles. The van der Waals surface area contributed by atoms with E-state index in [1.165, 1.54) is 11.3 Å². The topological polar surface area (TPSA) is 50.4 Å². The molecule has 0 radical (unpaired) electrons. The fourth-order valence-corrected chi connectivity index (χ4v) is 3.09. The zero-order valence-electron chi connectivity index (χ0n) is 15.0. The predicted octanol–water partition coefficient (Wildman–Crippen LogP) is 2.78. The van der Waals surface area contributed by atoms with Gasteiger partial charge in [0.25, 0.3) is 0 Å². The first-order chi connectivity index (χ1) is 11.5. The number of halogens is 1. The largest absolute Gasteiger partial charge is 0.357 e. The lowest BCUT2D eigenvalue weighted by Crippen LogP contribution is -2.39. The third-order valence-corrected chi connectivity index (χ3v) is 4.17. The second kappa shape index (κ2) is 8.92. The van der Waals surface area contributed by atoms with Gasteiger partial charge < -0.3 is 14.8 Å². The molecule has 0 aliphatic rings. The van der Waals surface area contributed by atoms with E-state index in [0.29, 0.717) is 0 Å². The molecule has 2 heterocycles. The smallest absolute Gasteiger partial charge is 0.194 e. The number of aliphatic imine (C=N–C) groups is 1. The molecule has 24 heavy (non-hydrogen) atoms. The maximum atomic E-state index is 4.74. The SMILES string of the molecule is CCNC(=NCCCn1cc(C)cn1)N(C)Cc1cc(Br)cn1C. The average molecular weight is 395 g/mol. The van der Waals surface area contributed by atoms with Crippen LogP contribution >= 0.6 is 15.9 Å². The summed E-state index contributed by atoms with van der Waals surface area (Å²) in [6.45, 7) is 7.50. The van der Waals surface area contributed by atoms with Crippen molar-refractivity contribution in [1.82, 2.24) is 24.6 Å². The summed E-state index contributed by atoms with van der Waals surface area (Å²) in [5.74, 6) is 0.937. The van der Waals surface area contributed by atoms with Crippen LogP contribution in [0.25, 0.3) is 0 Å². The molecule has 0 aliphatic carbocycles. The molecular formula is C17H27BrN6. The van der Waals surface area contributed by atoms with Gasteiger partial charge in [-0.25, -0.2) is 0 Å². The van der Waals surface area contributed by atoms with Gasteiger partial charge in [-0.2, -0.15) is 5.10 Å². The van der Waals surface area contributed by atoms with E-state index < -0.39 is 0 Å². The van der Waals surface area contributed by atoms with Crippen molar-refractivity contribution in [3.63, 3.8) is 0 Å². The van der Waals surface area contributed by atoms with Crippen LogP contribution < -0.4 is 5.32 Å². The van der Waals surface area contributed by atoms with Crippen molar-refractivity contribution in [2.24, 2.45) is 12.0 Å². The lowest BCUT2D eigenvalue weighted by molar-refractivity contribution is 0.460. The van der Waals surface area contributed by atoms with E-state index in [2.05, 4.69) is 82.2 Å². The molecule has 0 spiro atoms. The Morgan fingerprint density at radius 3 is 2.79 bits per heavy atom. The second-order valence-corrected chi connectivity index (χ2v) is 6.90. The zero-order valence-corrected chi connectivity index (χ0v) is 16.5. The van der Waals surface area contributed by atoms with Crippen molar-refractivity contribution in [1.29, 1.82) is 0 Å². The lowest BCUT2D eigenvalue weighted by atomic mass is 10.4. The third kappa shape index (κ3) is 5.40. The Hall–Kier alpha value is -1.76. The fourth-order valence-electron chi connectivity index (χ4n) is 2.52. The molecule has 2 rings (SSSR count). The van der Waals surface area contributed by atoms with Crippen molar-refractivity contribution >= 4 is 21.9 Å². The third-order valence-electron chi connectivity index (χ3n) is 3.74. The summed E-state index contributed by atoms with van der Waals surface area (Å²) >= 11 is 3.52. The van der Waals surface area contributed by atoms with Crippen LogP contribution in [0.15, 0.2) is 34.1 Å². The molecule has 2 aromatic rings.